The molecule has 1 aromatic rings. The Morgan fingerprint density at radius 1 is 1.03 bits per heavy atom. The van der Waals surface area contributed by atoms with Gasteiger partial charge in [-0.3, -0.25) is 19.4 Å². The molecule has 2 amide bonds. The molecule has 1 aromatic heterocycles. The fraction of sp³-hybridized carbons (Fsp3) is 0.667. The lowest BCUT2D eigenvalue weighted by Crippen LogP contribution is -2.56. The zero-order chi connectivity index (χ0) is 22.1. The molecule has 32 heavy (non-hydrogen) atoms. The lowest BCUT2D eigenvalue weighted by molar-refractivity contribution is -0.135. The molecule has 4 aliphatic rings. The minimum absolute atomic E-state index is 0.181. The smallest absolute Gasteiger partial charge is 0.264 e. The van der Waals surface area contributed by atoms with E-state index < -0.39 is 0 Å². The third-order valence-corrected chi connectivity index (χ3v) is 9.89. The molecule has 6 nitrogen and oxygen atoms in total. The van der Waals surface area contributed by atoms with E-state index in [1.165, 1.54) is 34.6 Å². The topological polar surface area (TPSA) is 47.1 Å². The molecule has 174 valence electrons. The highest BCUT2D eigenvalue weighted by atomic mass is 32.2. The van der Waals surface area contributed by atoms with Gasteiger partial charge in [0.2, 0.25) is 5.91 Å². The summed E-state index contributed by atoms with van der Waals surface area (Å²) >= 11 is 3.40. The van der Waals surface area contributed by atoms with Crippen molar-refractivity contribution in [3.63, 3.8) is 0 Å². The summed E-state index contributed by atoms with van der Waals surface area (Å²) in [6.07, 6.45) is 12.5. The van der Waals surface area contributed by atoms with Crippen LogP contribution in [-0.2, 0) is 11.2 Å². The first-order valence-electron chi connectivity index (χ1n) is 12.0. The Labute approximate surface area is 199 Å². The maximum absolute atomic E-state index is 13.3. The number of amides is 2. The first kappa shape index (κ1) is 22.4. The van der Waals surface area contributed by atoms with Gasteiger partial charge >= 0.3 is 0 Å². The summed E-state index contributed by atoms with van der Waals surface area (Å²) in [7, 11) is 0. The Morgan fingerprint density at radius 2 is 1.75 bits per heavy atom. The number of carbonyl (C=O) groups is 2. The molecule has 0 N–H and O–H groups in total. The molecule has 0 unspecified atom stereocenters. The lowest BCUT2D eigenvalue weighted by atomic mass is 9.91. The summed E-state index contributed by atoms with van der Waals surface area (Å²) in [5, 5.41) is 0. The molecular formula is C24H34N4O2S2. The van der Waals surface area contributed by atoms with E-state index in [1.807, 2.05) is 9.80 Å². The molecule has 0 spiro atoms. The molecule has 5 rings (SSSR count). The maximum atomic E-state index is 13.3. The van der Waals surface area contributed by atoms with Crippen LogP contribution in [0.4, 0.5) is 0 Å². The molecule has 0 aromatic carbocycles. The lowest BCUT2D eigenvalue weighted by Gasteiger charge is -2.43. The Bertz CT molecular complexity index is 879. The van der Waals surface area contributed by atoms with Gasteiger partial charge in [-0.05, 0) is 37.5 Å². The van der Waals surface area contributed by atoms with Crippen LogP contribution in [0.5, 0.6) is 0 Å². The van der Waals surface area contributed by atoms with Crippen molar-refractivity contribution in [3.8, 4) is 0 Å². The van der Waals surface area contributed by atoms with Crippen LogP contribution in [0.1, 0.15) is 46.5 Å². The Morgan fingerprint density at radius 3 is 2.41 bits per heavy atom. The van der Waals surface area contributed by atoms with Gasteiger partial charge < -0.3 is 9.80 Å². The summed E-state index contributed by atoms with van der Waals surface area (Å²) in [6.45, 7) is 7.24. The number of hydrogen-bond acceptors (Lipinski definition) is 6. The quantitative estimate of drug-likeness (QED) is 0.614. The molecule has 0 radical (unpaired) electrons. The van der Waals surface area contributed by atoms with Gasteiger partial charge in [0.15, 0.2) is 0 Å². The second-order valence-electron chi connectivity index (χ2n) is 9.33. The highest BCUT2D eigenvalue weighted by Gasteiger charge is 2.31. The van der Waals surface area contributed by atoms with Crippen molar-refractivity contribution in [1.82, 2.24) is 19.6 Å². The number of allylic oxidation sites excluding steroid dienone is 1. The van der Waals surface area contributed by atoms with E-state index in [4.69, 9.17) is 0 Å². The van der Waals surface area contributed by atoms with Gasteiger partial charge in [0.25, 0.3) is 5.91 Å². The summed E-state index contributed by atoms with van der Waals surface area (Å²) in [4.78, 5) is 35.9. The van der Waals surface area contributed by atoms with Gasteiger partial charge in [0.1, 0.15) is 0 Å². The standard InChI is InChI=1S/C24H34N4O2S2/c1-31-24-20-8-3-2-7-19(20)22(32-24)23(30)28-11-9-25(10-12-28)17-21(29)27-15-13-26(14-16-27)18-5-4-6-18/h3,8,18H,2,4-7,9-17H2,1H3. The van der Waals surface area contributed by atoms with Crippen molar-refractivity contribution in [2.24, 2.45) is 0 Å². The maximum Gasteiger partial charge on any atom is 0.264 e. The van der Waals surface area contributed by atoms with Crippen LogP contribution >= 0.6 is 23.1 Å². The highest BCUT2D eigenvalue weighted by molar-refractivity contribution is 8.00. The molecule has 2 aliphatic carbocycles. The number of piperazine rings is 2. The van der Waals surface area contributed by atoms with Crippen LogP contribution in [-0.4, -0.2) is 103 Å². The van der Waals surface area contributed by atoms with Crippen molar-refractivity contribution in [2.45, 2.75) is 42.4 Å². The van der Waals surface area contributed by atoms with Crippen LogP contribution in [0.2, 0.25) is 0 Å². The summed E-state index contributed by atoms with van der Waals surface area (Å²) in [5.74, 6) is 0.432. The predicted octanol–water partition coefficient (Wildman–Crippen LogP) is 2.88. The molecule has 1 saturated carbocycles. The Balaban J connectivity index is 1.11. The van der Waals surface area contributed by atoms with Gasteiger partial charge in [0.05, 0.1) is 15.6 Å². The SMILES string of the molecule is CSc1sc(C(=O)N2CCN(CC(=O)N3CCN(C4CCC4)CC3)CC2)c2c1C=CCC2. The van der Waals surface area contributed by atoms with E-state index in [-0.39, 0.29) is 11.8 Å². The molecule has 3 heterocycles. The fourth-order valence-corrected chi connectivity index (χ4v) is 7.29. The second-order valence-corrected chi connectivity index (χ2v) is 11.4. The Kier molecular flexibility index (Phi) is 6.92. The average Bonchev–Trinajstić information content (AvgIpc) is 3.17. The summed E-state index contributed by atoms with van der Waals surface area (Å²) in [5.41, 5.74) is 2.50. The van der Waals surface area contributed by atoms with Crippen LogP contribution < -0.4 is 0 Å². The first-order valence-corrected chi connectivity index (χ1v) is 14.1. The number of fused-ring (bicyclic) bond motifs is 1. The predicted molar refractivity (Wildman–Crippen MR) is 132 cm³/mol. The highest BCUT2D eigenvalue weighted by Crippen LogP contribution is 2.39. The molecule has 2 saturated heterocycles. The van der Waals surface area contributed by atoms with Crippen molar-refractivity contribution in [1.29, 1.82) is 0 Å². The molecule has 0 atom stereocenters. The summed E-state index contributed by atoms with van der Waals surface area (Å²) < 4.78 is 1.25. The zero-order valence-electron chi connectivity index (χ0n) is 19.1. The molecule has 2 aliphatic heterocycles. The number of thiophene rings is 1. The third kappa shape index (κ3) is 4.52. The molecule has 8 heteroatoms. The fourth-order valence-electron chi connectivity index (χ4n) is 5.26. The van der Waals surface area contributed by atoms with E-state index in [0.29, 0.717) is 19.6 Å². The van der Waals surface area contributed by atoms with Crippen molar-refractivity contribution in [3.05, 3.63) is 22.1 Å². The van der Waals surface area contributed by atoms with Crippen molar-refractivity contribution >= 4 is 41.0 Å². The van der Waals surface area contributed by atoms with E-state index >= 15 is 0 Å². The van der Waals surface area contributed by atoms with Gasteiger partial charge in [-0.2, -0.15) is 0 Å². The van der Waals surface area contributed by atoms with Crippen molar-refractivity contribution < 1.29 is 9.59 Å². The second kappa shape index (κ2) is 9.87. The molecular weight excluding hydrogens is 440 g/mol. The first-order chi connectivity index (χ1) is 15.6. The van der Waals surface area contributed by atoms with E-state index in [2.05, 4.69) is 28.2 Å². The number of nitrogens with zero attached hydrogens (tertiary/aromatic N) is 4. The number of hydrogen-bond donors (Lipinski definition) is 0. The minimum atomic E-state index is 0.181. The van der Waals surface area contributed by atoms with Crippen LogP contribution in [0.3, 0.4) is 0 Å². The third-order valence-electron chi connectivity index (χ3n) is 7.52. The monoisotopic (exact) mass is 474 g/mol. The normalized spacial score (nSPS) is 22.7. The van der Waals surface area contributed by atoms with Crippen LogP contribution in [0.15, 0.2) is 10.3 Å². The van der Waals surface area contributed by atoms with Gasteiger partial charge in [-0.25, -0.2) is 0 Å². The molecule has 3 fully saturated rings. The summed E-state index contributed by atoms with van der Waals surface area (Å²) in [6, 6.07) is 0.773. The van der Waals surface area contributed by atoms with Gasteiger partial charge in [0, 0.05) is 64.0 Å². The average molecular weight is 475 g/mol. The van der Waals surface area contributed by atoms with Crippen molar-refractivity contribution in [2.75, 3.05) is 65.2 Å². The number of carbonyl (C=O) groups excluding carboxylic acids is 2. The van der Waals surface area contributed by atoms with E-state index in [0.717, 1.165) is 63.0 Å². The largest absolute Gasteiger partial charge is 0.339 e. The number of rotatable bonds is 5. The van der Waals surface area contributed by atoms with Crippen LogP contribution in [0, 0.1) is 0 Å². The Hall–Kier alpha value is -1.35. The minimum Gasteiger partial charge on any atom is -0.339 e. The zero-order valence-corrected chi connectivity index (χ0v) is 20.7. The van der Waals surface area contributed by atoms with E-state index in [9.17, 15) is 9.59 Å². The number of thioether (sulfide) groups is 1. The van der Waals surface area contributed by atoms with Gasteiger partial charge in [-0.15, -0.1) is 23.1 Å². The van der Waals surface area contributed by atoms with E-state index in [1.54, 1.807) is 23.1 Å². The van der Waals surface area contributed by atoms with Crippen LogP contribution in [0.25, 0.3) is 6.08 Å². The van der Waals surface area contributed by atoms with Gasteiger partial charge in [-0.1, -0.05) is 18.6 Å². The molecule has 0 bridgehead atoms.